The summed E-state index contributed by atoms with van der Waals surface area (Å²) in [6.07, 6.45) is 1.24. The van der Waals surface area contributed by atoms with E-state index in [4.69, 9.17) is 5.11 Å². The molecule has 13 heavy (non-hydrogen) atoms. The summed E-state index contributed by atoms with van der Waals surface area (Å²) in [5.41, 5.74) is 0.485. The maximum Gasteiger partial charge on any atom is 0.337 e. The molecule has 0 atom stereocenters. The third kappa shape index (κ3) is 1.26. The van der Waals surface area contributed by atoms with Gasteiger partial charge in [-0.2, -0.15) is 9.61 Å². The normalized spacial score (nSPS) is 10.5. The Balaban J connectivity index is 2.70. The number of nitrogens with zero attached hydrogens (tertiary/aromatic N) is 4. The van der Waals surface area contributed by atoms with Gasteiger partial charge < -0.3 is 5.11 Å². The molecule has 2 rings (SSSR count). The fraction of sp³-hybridized carbons (Fsp3) is 0. The molecule has 0 aliphatic rings. The van der Waals surface area contributed by atoms with E-state index in [-0.39, 0.29) is 5.56 Å². The first-order chi connectivity index (χ1) is 6.18. The van der Waals surface area contributed by atoms with Gasteiger partial charge in [0.1, 0.15) is 0 Å². The molecule has 7 heteroatoms. The van der Waals surface area contributed by atoms with Crippen LogP contribution in [0.4, 0.5) is 0 Å². The molecular weight excluding hydrogens is 240 g/mol. The van der Waals surface area contributed by atoms with Gasteiger partial charge in [0.25, 0.3) is 0 Å². The zero-order chi connectivity index (χ0) is 9.42. The Kier molecular flexibility index (Phi) is 1.73. The second kappa shape index (κ2) is 2.77. The zero-order valence-electron chi connectivity index (χ0n) is 6.18. The van der Waals surface area contributed by atoms with E-state index in [1.165, 1.54) is 16.8 Å². The van der Waals surface area contributed by atoms with Crippen LogP contribution in [-0.4, -0.2) is 30.9 Å². The molecule has 0 spiro atoms. The summed E-state index contributed by atoms with van der Waals surface area (Å²) >= 11 is 3.11. The Morgan fingerprint density at radius 2 is 2.31 bits per heavy atom. The second-order valence-electron chi connectivity index (χ2n) is 2.29. The Bertz CT molecular complexity index is 480. The standard InChI is InChI=1S/C6H3BrN4O2/c7-6-10-9-4-1-3(5(12)13)2-8-11(4)6/h1-2H,(H,12,13). The van der Waals surface area contributed by atoms with Crippen LogP contribution in [0.1, 0.15) is 10.4 Å². The average molecular weight is 243 g/mol. The lowest BCUT2D eigenvalue weighted by Gasteiger charge is -1.93. The number of carboxylic acid groups (broad SMARTS) is 1. The minimum atomic E-state index is -1.03. The molecule has 0 aliphatic heterocycles. The summed E-state index contributed by atoms with van der Waals surface area (Å²) in [4.78, 5) is 10.5. The highest BCUT2D eigenvalue weighted by Gasteiger charge is 2.07. The molecule has 0 amide bonds. The molecule has 66 valence electrons. The summed E-state index contributed by atoms with van der Waals surface area (Å²) < 4.78 is 1.84. The Morgan fingerprint density at radius 3 is 3.00 bits per heavy atom. The van der Waals surface area contributed by atoms with E-state index in [2.05, 4.69) is 31.2 Å². The van der Waals surface area contributed by atoms with Crippen molar-refractivity contribution >= 4 is 27.5 Å². The highest BCUT2D eigenvalue weighted by atomic mass is 79.9. The molecule has 0 unspecified atom stereocenters. The van der Waals surface area contributed by atoms with E-state index < -0.39 is 5.97 Å². The third-order valence-electron chi connectivity index (χ3n) is 1.47. The van der Waals surface area contributed by atoms with Crippen molar-refractivity contribution in [2.45, 2.75) is 0 Å². The van der Waals surface area contributed by atoms with Gasteiger partial charge in [0, 0.05) is 6.07 Å². The minimum absolute atomic E-state index is 0.0902. The number of aromatic nitrogens is 4. The van der Waals surface area contributed by atoms with Gasteiger partial charge in [-0.25, -0.2) is 4.79 Å². The number of hydrogen-bond acceptors (Lipinski definition) is 4. The summed E-state index contributed by atoms with van der Waals surface area (Å²) in [7, 11) is 0. The summed E-state index contributed by atoms with van der Waals surface area (Å²) in [5, 5.41) is 19.8. The number of rotatable bonds is 1. The minimum Gasteiger partial charge on any atom is -0.478 e. The highest BCUT2D eigenvalue weighted by Crippen LogP contribution is 2.08. The van der Waals surface area contributed by atoms with Crippen molar-refractivity contribution in [3.8, 4) is 0 Å². The Hall–Kier alpha value is -1.50. The van der Waals surface area contributed by atoms with Crippen LogP contribution >= 0.6 is 15.9 Å². The van der Waals surface area contributed by atoms with E-state index in [9.17, 15) is 4.79 Å². The average Bonchev–Trinajstić information content (AvgIpc) is 2.47. The van der Waals surface area contributed by atoms with E-state index in [0.717, 1.165) is 0 Å². The molecule has 1 N–H and O–H groups in total. The highest BCUT2D eigenvalue weighted by molar-refractivity contribution is 9.10. The summed E-state index contributed by atoms with van der Waals surface area (Å²) in [6.45, 7) is 0. The number of aromatic carboxylic acids is 1. The Morgan fingerprint density at radius 1 is 1.54 bits per heavy atom. The van der Waals surface area contributed by atoms with Gasteiger partial charge in [-0.3, -0.25) is 0 Å². The largest absolute Gasteiger partial charge is 0.478 e. The first-order valence-corrected chi connectivity index (χ1v) is 4.08. The van der Waals surface area contributed by atoms with Crippen LogP contribution < -0.4 is 0 Å². The first-order valence-electron chi connectivity index (χ1n) is 3.29. The van der Waals surface area contributed by atoms with E-state index in [0.29, 0.717) is 10.4 Å². The number of halogens is 1. The monoisotopic (exact) mass is 242 g/mol. The van der Waals surface area contributed by atoms with E-state index >= 15 is 0 Å². The smallest absolute Gasteiger partial charge is 0.337 e. The lowest BCUT2D eigenvalue weighted by atomic mass is 10.3. The van der Waals surface area contributed by atoms with Crippen LogP contribution in [0.25, 0.3) is 5.65 Å². The van der Waals surface area contributed by atoms with Gasteiger partial charge in [0.05, 0.1) is 11.8 Å². The number of carbonyl (C=O) groups is 1. The van der Waals surface area contributed by atoms with Gasteiger partial charge >= 0.3 is 5.97 Å². The quantitative estimate of drug-likeness (QED) is 0.792. The molecule has 2 aromatic rings. The van der Waals surface area contributed by atoms with Crippen LogP contribution in [-0.2, 0) is 0 Å². The SMILES string of the molecule is O=C(O)c1cnn2c(Br)nnc2c1. The van der Waals surface area contributed by atoms with Gasteiger partial charge in [0.2, 0.25) is 4.73 Å². The van der Waals surface area contributed by atoms with Gasteiger partial charge in [-0.15, -0.1) is 10.2 Å². The lowest BCUT2D eigenvalue weighted by molar-refractivity contribution is 0.0696. The number of carboxylic acids is 1. The molecular formula is C6H3BrN4O2. The number of hydrogen-bond donors (Lipinski definition) is 1. The van der Waals surface area contributed by atoms with Crippen molar-refractivity contribution in [2.24, 2.45) is 0 Å². The van der Waals surface area contributed by atoms with Gasteiger partial charge in [0.15, 0.2) is 5.65 Å². The molecule has 0 fully saturated rings. The Labute approximate surface area is 80.3 Å². The van der Waals surface area contributed by atoms with Crippen molar-refractivity contribution in [1.29, 1.82) is 0 Å². The molecule has 0 aromatic carbocycles. The van der Waals surface area contributed by atoms with Gasteiger partial charge in [-0.05, 0) is 15.9 Å². The van der Waals surface area contributed by atoms with Crippen LogP contribution in [0.15, 0.2) is 17.0 Å². The summed E-state index contributed by atoms with van der Waals surface area (Å²) in [5.74, 6) is -1.03. The molecule has 0 saturated heterocycles. The predicted molar refractivity (Wildman–Crippen MR) is 45.4 cm³/mol. The van der Waals surface area contributed by atoms with Crippen LogP contribution in [0, 0.1) is 0 Å². The molecule has 0 aliphatic carbocycles. The maximum absolute atomic E-state index is 10.5. The summed E-state index contributed by atoms with van der Waals surface area (Å²) in [6, 6.07) is 1.40. The van der Waals surface area contributed by atoms with Crippen LogP contribution in [0.5, 0.6) is 0 Å². The molecule has 0 bridgehead atoms. The van der Waals surface area contributed by atoms with Crippen molar-refractivity contribution in [3.05, 3.63) is 22.6 Å². The predicted octanol–water partition coefficient (Wildman–Crippen LogP) is 0.585. The fourth-order valence-electron chi connectivity index (χ4n) is 0.882. The molecule has 6 nitrogen and oxygen atoms in total. The molecule has 2 heterocycles. The van der Waals surface area contributed by atoms with Crippen LogP contribution in [0.3, 0.4) is 0 Å². The molecule has 2 aromatic heterocycles. The fourth-order valence-corrected chi connectivity index (χ4v) is 1.23. The van der Waals surface area contributed by atoms with E-state index in [1.54, 1.807) is 0 Å². The van der Waals surface area contributed by atoms with Crippen molar-refractivity contribution in [2.75, 3.05) is 0 Å². The van der Waals surface area contributed by atoms with Crippen molar-refractivity contribution < 1.29 is 9.90 Å². The maximum atomic E-state index is 10.5. The molecule has 0 radical (unpaired) electrons. The van der Waals surface area contributed by atoms with Crippen LogP contribution in [0.2, 0.25) is 0 Å². The third-order valence-corrected chi connectivity index (χ3v) is 1.97. The topological polar surface area (TPSA) is 80.4 Å². The number of fused-ring (bicyclic) bond motifs is 1. The second-order valence-corrected chi connectivity index (χ2v) is 3.00. The lowest BCUT2D eigenvalue weighted by Crippen LogP contribution is -2.00. The van der Waals surface area contributed by atoms with E-state index in [1.807, 2.05) is 0 Å². The zero-order valence-corrected chi connectivity index (χ0v) is 7.76. The first kappa shape index (κ1) is 8.11. The van der Waals surface area contributed by atoms with Crippen molar-refractivity contribution in [3.63, 3.8) is 0 Å². The van der Waals surface area contributed by atoms with Crippen molar-refractivity contribution in [1.82, 2.24) is 19.8 Å². The van der Waals surface area contributed by atoms with Gasteiger partial charge in [-0.1, -0.05) is 0 Å². The molecule has 0 saturated carbocycles.